The summed E-state index contributed by atoms with van der Waals surface area (Å²) in [6, 6.07) is 6.41. The lowest BCUT2D eigenvalue weighted by atomic mass is 9.94. The molecule has 0 bridgehead atoms. The van der Waals surface area contributed by atoms with Crippen molar-refractivity contribution in [3.8, 4) is 5.75 Å². The number of fused-ring (bicyclic) bond motifs is 1. The fraction of sp³-hybridized carbons (Fsp3) is 0.588. The van der Waals surface area contributed by atoms with Crippen LogP contribution < -0.4 is 4.74 Å². The molecule has 116 valence electrons. The molecule has 0 amide bonds. The van der Waals surface area contributed by atoms with Crippen molar-refractivity contribution in [2.75, 3.05) is 27.4 Å². The molecule has 4 heteroatoms. The van der Waals surface area contributed by atoms with E-state index in [1.54, 1.807) is 7.11 Å². The average molecular weight is 292 g/mol. The summed E-state index contributed by atoms with van der Waals surface area (Å²) < 4.78 is 15.6. The van der Waals surface area contributed by atoms with Gasteiger partial charge in [0.2, 0.25) is 0 Å². The van der Waals surface area contributed by atoms with Crippen molar-refractivity contribution < 1.29 is 19.0 Å². The third-order valence-corrected chi connectivity index (χ3v) is 3.83. The van der Waals surface area contributed by atoms with Crippen molar-refractivity contribution in [1.29, 1.82) is 0 Å². The highest BCUT2D eigenvalue weighted by Gasteiger charge is 2.19. The summed E-state index contributed by atoms with van der Waals surface area (Å²) in [5, 5.41) is 0. The summed E-state index contributed by atoms with van der Waals surface area (Å²) in [6.07, 6.45) is 4.36. The van der Waals surface area contributed by atoms with Crippen molar-refractivity contribution >= 4 is 5.97 Å². The first kappa shape index (κ1) is 15.8. The molecule has 0 saturated carbocycles. The molecule has 1 atom stereocenters. The maximum absolute atomic E-state index is 11.1. The molecule has 1 aliphatic rings. The highest BCUT2D eigenvalue weighted by molar-refractivity contribution is 5.68. The van der Waals surface area contributed by atoms with E-state index in [0.29, 0.717) is 12.3 Å². The quantitative estimate of drug-likeness (QED) is 0.572. The first-order chi connectivity index (χ1) is 10.2. The van der Waals surface area contributed by atoms with Gasteiger partial charge < -0.3 is 14.2 Å². The Hall–Kier alpha value is -1.55. The Morgan fingerprint density at radius 2 is 2.19 bits per heavy atom. The summed E-state index contributed by atoms with van der Waals surface area (Å²) in [5.41, 5.74) is 2.58. The Balaban J connectivity index is 1.85. The highest BCUT2D eigenvalue weighted by atomic mass is 16.5. The number of hydrogen-bond donors (Lipinski definition) is 0. The number of rotatable bonds is 7. The molecule has 0 saturated heterocycles. The van der Waals surface area contributed by atoms with Crippen molar-refractivity contribution in [3.63, 3.8) is 0 Å². The molecule has 1 aromatic rings. The van der Waals surface area contributed by atoms with E-state index in [4.69, 9.17) is 9.47 Å². The van der Waals surface area contributed by atoms with Crippen LogP contribution in [0.15, 0.2) is 18.2 Å². The van der Waals surface area contributed by atoms with Gasteiger partial charge in [0.05, 0.1) is 20.3 Å². The molecule has 1 unspecified atom stereocenters. The van der Waals surface area contributed by atoms with E-state index in [1.807, 2.05) is 0 Å². The average Bonchev–Trinajstić information content (AvgIpc) is 2.51. The van der Waals surface area contributed by atoms with Gasteiger partial charge in [0.25, 0.3) is 0 Å². The van der Waals surface area contributed by atoms with Crippen molar-refractivity contribution in [1.82, 2.24) is 0 Å². The number of ether oxygens (including phenoxy) is 3. The third-order valence-electron chi connectivity index (χ3n) is 3.83. The van der Waals surface area contributed by atoms with Crippen LogP contribution in [0.5, 0.6) is 5.75 Å². The van der Waals surface area contributed by atoms with Crippen LogP contribution in [-0.4, -0.2) is 33.4 Å². The number of carbonyl (C=O) groups excluding carboxylic acids is 1. The summed E-state index contributed by atoms with van der Waals surface area (Å²) in [4.78, 5) is 11.1. The minimum absolute atomic E-state index is 0.128. The van der Waals surface area contributed by atoms with Crippen LogP contribution >= 0.6 is 0 Å². The molecule has 21 heavy (non-hydrogen) atoms. The number of esters is 1. The molecule has 0 radical (unpaired) electrons. The van der Waals surface area contributed by atoms with Crippen molar-refractivity contribution in [2.45, 2.75) is 32.1 Å². The van der Waals surface area contributed by atoms with Crippen LogP contribution in [0, 0.1) is 5.92 Å². The summed E-state index contributed by atoms with van der Waals surface area (Å²) in [5.74, 6) is 1.31. The third kappa shape index (κ3) is 4.74. The number of hydrogen-bond acceptors (Lipinski definition) is 4. The van der Waals surface area contributed by atoms with Gasteiger partial charge in [-0.15, -0.1) is 0 Å². The zero-order valence-electron chi connectivity index (χ0n) is 12.9. The summed E-state index contributed by atoms with van der Waals surface area (Å²) >= 11 is 0. The van der Waals surface area contributed by atoms with Gasteiger partial charge in [-0.1, -0.05) is 12.1 Å². The van der Waals surface area contributed by atoms with Crippen LogP contribution in [0.25, 0.3) is 0 Å². The molecule has 0 N–H and O–H groups in total. The molecular formula is C17H24O4. The van der Waals surface area contributed by atoms with E-state index < -0.39 is 0 Å². The molecule has 0 aromatic heterocycles. The first-order valence-corrected chi connectivity index (χ1v) is 7.53. The Labute approximate surface area is 126 Å². The highest BCUT2D eigenvalue weighted by Crippen LogP contribution is 2.28. The van der Waals surface area contributed by atoms with Gasteiger partial charge in [-0.3, -0.25) is 4.79 Å². The zero-order chi connectivity index (χ0) is 15.1. The molecule has 2 rings (SSSR count). The topological polar surface area (TPSA) is 44.8 Å². The van der Waals surface area contributed by atoms with Gasteiger partial charge in [-0.25, -0.2) is 0 Å². The van der Waals surface area contributed by atoms with Gasteiger partial charge in [0, 0.05) is 19.4 Å². The van der Waals surface area contributed by atoms with Crippen LogP contribution in [-0.2, 0) is 27.1 Å². The second-order valence-corrected chi connectivity index (χ2v) is 5.56. The second kappa shape index (κ2) is 8.03. The van der Waals surface area contributed by atoms with E-state index in [0.717, 1.165) is 44.6 Å². The maximum Gasteiger partial charge on any atom is 0.305 e. The predicted octanol–water partition coefficient (Wildman–Crippen LogP) is 2.77. The van der Waals surface area contributed by atoms with E-state index in [-0.39, 0.29) is 5.97 Å². The van der Waals surface area contributed by atoms with Crippen LogP contribution in [0.2, 0.25) is 0 Å². The second-order valence-electron chi connectivity index (χ2n) is 5.56. The lowest BCUT2D eigenvalue weighted by Gasteiger charge is -2.25. The molecule has 4 nitrogen and oxygen atoms in total. The predicted molar refractivity (Wildman–Crippen MR) is 80.6 cm³/mol. The van der Waals surface area contributed by atoms with Gasteiger partial charge in [0.15, 0.2) is 0 Å². The van der Waals surface area contributed by atoms with E-state index in [1.165, 1.54) is 18.2 Å². The Morgan fingerprint density at radius 1 is 1.33 bits per heavy atom. The normalized spacial score (nSPS) is 17.0. The Bertz CT molecular complexity index is 470. The smallest absolute Gasteiger partial charge is 0.305 e. The molecule has 1 aliphatic heterocycles. The number of benzene rings is 1. The fourth-order valence-corrected chi connectivity index (χ4v) is 2.71. The van der Waals surface area contributed by atoms with Gasteiger partial charge in [-0.2, -0.15) is 0 Å². The minimum atomic E-state index is -0.128. The minimum Gasteiger partial charge on any atom is -0.493 e. The lowest BCUT2D eigenvalue weighted by Crippen LogP contribution is -2.24. The Morgan fingerprint density at radius 3 is 2.95 bits per heavy atom. The van der Waals surface area contributed by atoms with E-state index in [9.17, 15) is 4.79 Å². The van der Waals surface area contributed by atoms with Gasteiger partial charge >= 0.3 is 5.97 Å². The van der Waals surface area contributed by atoms with Gasteiger partial charge in [-0.05, 0) is 42.9 Å². The number of unbranched alkanes of at least 4 members (excludes halogenated alkanes) is 1. The lowest BCUT2D eigenvalue weighted by molar-refractivity contribution is -0.140. The molecule has 1 aromatic carbocycles. The van der Waals surface area contributed by atoms with Crippen LogP contribution in [0.4, 0.5) is 0 Å². The van der Waals surface area contributed by atoms with E-state index >= 15 is 0 Å². The molecule has 0 spiro atoms. The number of carbonyl (C=O) groups is 1. The zero-order valence-corrected chi connectivity index (χ0v) is 12.9. The van der Waals surface area contributed by atoms with Crippen LogP contribution in [0.3, 0.4) is 0 Å². The maximum atomic E-state index is 11.1. The largest absolute Gasteiger partial charge is 0.493 e. The Kier molecular flexibility index (Phi) is 6.05. The summed E-state index contributed by atoms with van der Waals surface area (Å²) in [7, 11) is 3.16. The van der Waals surface area contributed by atoms with Crippen LogP contribution in [0.1, 0.15) is 30.4 Å². The van der Waals surface area contributed by atoms with Crippen molar-refractivity contribution in [2.24, 2.45) is 5.92 Å². The number of methoxy groups -OCH3 is 2. The molecule has 1 heterocycles. The number of aryl methyl sites for hydroxylation is 1. The first-order valence-electron chi connectivity index (χ1n) is 7.53. The summed E-state index contributed by atoms with van der Waals surface area (Å²) in [6.45, 7) is 1.47. The fourth-order valence-electron chi connectivity index (χ4n) is 2.71. The molecule has 0 aliphatic carbocycles. The SMILES string of the molecule is COCC1COc2ccc(CCCCC(=O)OC)cc2C1. The monoisotopic (exact) mass is 292 g/mol. The molecule has 0 fully saturated rings. The van der Waals surface area contributed by atoms with Gasteiger partial charge in [0.1, 0.15) is 5.75 Å². The van der Waals surface area contributed by atoms with E-state index in [2.05, 4.69) is 22.9 Å². The standard InChI is InChI=1S/C17H24O4/c1-19-11-14-10-15-9-13(7-8-16(15)21-12-14)5-3-4-6-17(18)20-2/h7-9,14H,3-6,10-12H2,1-2H3. The van der Waals surface area contributed by atoms with Crippen molar-refractivity contribution in [3.05, 3.63) is 29.3 Å². The molecular weight excluding hydrogens is 268 g/mol.